The lowest BCUT2D eigenvalue weighted by Crippen LogP contribution is -2.09. The van der Waals surface area contributed by atoms with Gasteiger partial charge in [-0.3, -0.25) is 0 Å². The van der Waals surface area contributed by atoms with E-state index in [9.17, 15) is 8.78 Å². The summed E-state index contributed by atoms with van der Waals surface area (Å²) in [5.41, 5.74) is 0. The van der Waals surface area contributed by atoms with Crippen LogP contribution in [0, 0.1) is 11.6 Å². The highest BCUT2D eigenvalue weighted by atomic mass is 35.5. The molecule has 2 rings (SSSR count). The lowest BCUT2D eigenvalue weighted by Gasteiger charge is -2.09. The third-order valence-corrected chi connectivity index (χ3v) is 2.62. The topological polar surface area (TPSA) is 18.5 Å². The fourth-order valence-corrected chi connectivity index (χ4v) is 1.68. The quantitative estimate of drug-likeness (QED) is 0.770. The molecule has 0 unspecified atom stereocenters. The van der Waals surface area contributed by atoms with Crippen molar-refractivity contribution in [3.63, 3.8) is 0 Å². The SMILES string of the molecule is Fc1ccc(OCCOc2ccccc2F)c(Cl)c1. The highest BCUT2D eigenvalue weighted by molar-refractivity contribution is 6.32. The third kappa shape index (κ3) is 3.83. The first-order valence-corrected chi connectivity index (χ1v) is 6.00. The molecule has 0 fully saturated rings. The molecule has 0 spiro atoms. The minimum absolute atomic E-state index is 0.161. The lowest BCUT2D eigenvalue weighted by atomic mass is 10.3. The van der Waals surface area contributed by atoms with Gasteiger partial charge in [0.2, 0.25) is 0 Å². The summed E-state index contributed by atoms with van der Waals surface area (Å²) in [4.78, 5) is 0. The van der Waals surface area contributed by atoms with Crippen molar-refractivity contribution in [1.82, 2.24) is 0 Å². The molecule has 0 aliphatic heterocycles. The Hall–Kier alpha value is -1.81. The fourth-order valence-electron chi connectivity index (χ4n) is 1.46. The van der Waals surface area contributed by atoms with Crippen LogP contribution in [0.5, 0.6) is 11.5 Å². The van der Waals surface area contributed by atoms with Gasteiger partial charge in [-0.2, -0.15) is 0 Å². The summed E-state index contributed by atoms with van der Waals surface area (Å²) in [6, 6.07) is 9.94. The zero-order valence-corrected chi connectivity index (χ0v) is 10.7. The molecule has 100 valence electrons. The molecular weight excluding hydrogens is 274 g/mol. The average molecular weight is 285 g/mol. The number of para-hydroxylation sites is 1. The maximum atomic E-state index is 13.2. The molecule has 0 aromatic heterocycles. The van der Waals surface area contributed by atoms with Gasteiger partial charge in [0.25, 0.3) is 0 Å². The van der Waals surface area contributed by atoms with Gasteiger partial charge >= 0.3 is 0 Å². The van der Waals surface area contributed by atoms with Gasteiger partial charge in [0, 0.05) is 0 Å². The number of ether oxygens (including phenoxy) is 2. The lowest BCUT2D eigenvalue weighted by molar-refractivity contribution is 0.211. The molecule has 2 nitrogen and oxygen atoms in total. The predicted octanol–water partition coefficient (Wildman–Crippen LogP) is 4.08. The number of halogens is 3. The molecule has 2 aromatic carbocycles. The van der Waals surface area contributed by atoms with E-state index in [1.54, 1.807) is 12.1 Å². The Balaban J connectivity index is 1.83. The van der Waals surface area contributed by atoms with Crippen molar-refractivity contribution in [2.24, 2.45) is 0 Å². The van der Waals surface area contributed by atoms with E-state index < -0.39 is 11.6 Å². The molecule has 0 atom stereocenters. The van der Waals surface area contributed by atoms with Crippen molar-refractivity contribution in [3.05, 3.63) is 59.1 Å². The summed E-state index contributed by atoms with van der Waals surface area (Å²) in [6.07, 6.45) is 0. The number of rotatable bonds is 5. The van der Waals surface area contributed by atoms with Crippen molar-refractivity contribution in [1.29, 1.82) is 0 Å². The van der Waals surface area contributed by atoms with E-state index in [1.165, 1.54) is 24.3 Å². The molecule has 0 saturated heterocycles. The van der Waals surface area contributed by atoms with Crippen molar-refractivity contribution in [2.45, 2.75) is 0 Å². The summed E-state index contributed by atoms with van der Waals surface area (Å²) in [6.45, 7) is 0.342. The standard InChI is InChI=1S/C14H11ClF2O2/c15-11-9-10(16)5-6-13(11)18-7-8-19-14-4-2-1-3-12(14)17/h1-6,9H,7-8H2. The first-order chi connectivity index (χ1) is 9.16. The molecule has 0 N–H and O–H groups in total. The van der Waals surface area contributed by atoms with E-state index in [-0.39, 0.29) is 24.0 Å². The maximum Gasteiger partial charge on any atom is 0.165 e. The Morgan fingerprint density at radius 2 is 1.58 bits per heavy atom. The van der Waals surface area contributed by atoms with Crippen molar-refractivity contribution in [2.75, 3.05) is 13.2 Å². The van der Waals surface area contributed by atoms with E-state index in [0.717, 1.165) is 6.07 Å². The highest BCUT2D eigenvalue weighted by Crippen LogP contribution is 2.24. The molecule has 5 heteroatoms. The summed E-state index contributed by atoms with van der Waals surface area (Å²) >= 11 is 5.78. The van der Waals surface area contributed by atoms with Crippen LogP contribution in [-0.2, 0) is 0 Å². The molecule has 0 heterocycles. The van der Waals surface area contributed by atoms with Crippen molar-refractivity contribution in [3.8, 4) is 11.5 Å². The summed E-state index contributed by atoms with van der Waals surface area (Å²) < 4.78 is 36.5. The molecular formula is C14H11ClF2O2. The summed E-state index contributed by atoms with van der Waals surface area (Å²) in [7, 11) is 0. The molecule has 0 radical (unpaired) electrons. The molecule has 19 heavy (non-hydrogen) atoms. The minimum atomic E-state index is -0.431. The van der Waals surface area contributed by atoms with Crippen LogP contribution < -0.4 is 9.47 Å². The molecule has 0 aliphatic carbocycles. The Labute approximate surface area is 114 Å². The minimum Gasteiger partial charge on any atom is -0.488 e. The fraction of sp³-hybridized carbons (Fsp3) is 0.143. The van der Waals surface area contributed by atoms with Crippen molar-refractivity contribution >= 4 is 11.6 Å². The van der Waals surface area contributed by atoms with Gasteiger partial charge in [0.05, 0.1) is 5.02 Å². The number of hydrogen-bond donors (Lipinski definition) is 0. The van der Waals surface area contributed by atoms with E-state index >= 15 is 0 Å². The van der Waals surface area contributed by atoms with Gasteiger partial charge in [-0.15, -0.1) is 0 Å². The van der Waals surface area contributed by atoms with Gasteiger partial charge in [-0.25, -0.2) is 8.78 Å². The summed E-state index contributed by atoms with van der Waals surface area (Å²) in [5, 5.41) is 0.186. The number of benzene rings is 2. The largest absolute Gasteiger partial charge is 0.488 e. The maximum absolute atomic E-state index is 13.2. The first kappa shape index (κ1) is 13.6. The second-order valence-electron chi connectivity index (χ2n) is 3.70. The van der Waals surface area contributed by atoms with Crippen LogP contribution in [0.4, 0.5) is 8.78 Å². The van der Waals surface area contributed by atoms with E-state index in [0.29, 0.717) is 5.75 Å². The Morgan fingerprint density at radius 1 is 0.895 bits per heavy atom. The number of hydrogen-bond acceptors (Lipinski definition) is 2. The van der Waals surface area contributed by atoms with Crippen LogP contribution in [0.3, 0.4) is 0 Å². The van der Waals surface area contributed by atoms with Gasteiger partial charge in [-0.1, -0.05) is 23.7 Å². The van der Waals surface area contributed by atoms with E-state index in [2.05, 4.69) is 0 Å². The molecule has 0 saturated carbocycles. The van der Waals surface area contributed by atoms with Gasteiger partial charge in [-0.05, 0) is 30.3 Å². The molecule has 2 aromatic rings. The van der Waals surface area contributed by atoms with E-state index in [4.69, 9.17) is 21.1 Å². The van der Waals surface area contributed by atoms with Crippen LogP contribution in [0.1, 0.15) is 0 Å². The molecule has 0 amide bonds. The van der Waals surface area contributed by atoms with Gasteiger partial charge < -0.3 is 9.47 Å². The zero-order valence-electron chi connectivity index (χ0n) is 9.91. The Bertz CT molecular complexity index is 561. The highest BCUT2D eigenvalue weighted by Gasteiger charge is 2.04. The first-order valence-electron chi connectivity index (χ1n) is 5.62. The van der Waals surface area contributed by atoms with Crippen LogP contribution in [0.2, 0.25) is 5.02 Å². The van der Waals surface area contributed by atoms with Crippen molar-refractivity contribution < 1.29 is 18.3 Å². The average Bonchev–Trinajstić information content (AvgIpc) is 2.38. The van der Waals surface area contributed by atoms with E-state index in [1.807, 2.05) is 0 Å². The van der Waals surface area contributed by atoms with Gasteiger partial charge in [0.1, 0.15) is 24.8 Å². The molecule has 0 bridgehead atoms. The van der Waals surface area contributed by atoms with Gasteiger partial charge in [0.15, 0.2) is 11.6 Å². The Kier molecular flexibility index (Phi) is 4.58. The monoisotopic (exact) mass is 284 g/mol. The van der Waals surface area contributed by atoms with Crippen LogP contribution in [0.25, 0.3) is 0 Å². The third-order valence-electron chi connectivity index (χ3n) is 2.33. The van der Waals surface area contributed by atoms with Crippen LogP contribution >= 0.6 is 11.6 Å². The Morgan fingerprint density at radius 3 is 2.26 bits per heavy atom. The van der Waals surface area contributed by atoms with Crippen LogP contribution in [0.15, 0.2) is 42.5 Å². The van der Waals surface area contributed by atoms with Crippen LogP contribution in [-0.4, -0.2) is 13.2 Å². The summed E-state index contributed by atoms with van der Waals surface area (Å²) in [5.74, 6) is -0.334. The normalized spacial score (nSPS) is 10.3. The zero-order chi connectivity index (χ0) is 13.7. The predicted molar refractivity (Wildman–Crippen MR) is 68.8 cm³/mol. The second kappa shape index (κ2) is 6.38. The molecule has 0 aliphatic rings. The smallest absolute Gasteiger partial charge is 0.165 e. The second-order valence-corrected chi connectivity index (χ2v) is 4.11.